The molecule has 2 unspecified atom stereocenters. The SMILES string of the molecule is CCC(C)C(C)Nc1ccc(S(N)(=O)=O)c(N)c1. The molecule has 6 heteroatoms. The van der Waals surface area contributed by atoms with Crippen LogP contribution in [0.5, 0.6) is 0 Å². The molecule has 0 fully saturated rings. The van der Waals surface area contributed by atoms with Gasteiger partial charge in [0, 0.05) is 11.7 Å². The van der Waals surface area contributed by atoms with Crippen molar-refractivity contribution in [3.63, 3.8) is 0 Å². The molecule has 1 aromatic rings. The van der Waals surface area contributed by atoms with Gasteiger partial charge >= 0.3 is 0 Å². The topological polar surface area (TPSA) is 98.2 Å². The largest absolute Gasteiger partial charge is 0.398 e. The number of sulfonamides is 1. The molecule has 102 valence electrons. The molecular weight excluding hydrogens is 250 g/mol. The highest BCUT2D eigenvalue weighted by atomic mass is 32.2. The zero-order valence-electron chi connectivity index (χ0n) is 11.0. The van der Waals surface area contributed by atoms with E-state index in [9.17, 15) is 8.42 Å². The Balaban J connectivity index is 2.92. The van der Waals surface area contributed by atoms with E-state index in [1.807, 2.05) is 0 Å². The average molecular weight is 271 g/mol. The summed E-state index contributed by atoms with van der Waals surface area (Å²) in [5, 5.41) is 8.35. The molecular formula is C12H21N3O2S. The molecule has 0 radical (unpaired) electrons. The third-order valence-corrected chi connectivity index (χ3v) is 4.19. The van der Waals surface area contributed by atoms with E-state index in [1.54, 1.807) is 12.1 Å². The molecule has 0 aromatic heterocycles. The van der Waals surface area contributed by atoms with Gasteiger partial charge in [-0.25, -0.2) is 13.6 Å². The zero-order valence-corrected chi connectivity index (χ0v) is 11.8. The monoisotopic (exact) mass is 271 g/mol. The molecule has 0 saturated carbocycles. The normalized spacial score (nSPS) is 15.1. The van der Waals surface area contributed by atoms with Crippen LogP contribution in [0.3, 0.4) is 0 Å². The van der Waals surface area contributed by atoms with E-state index in [1.165, 1.54) is 6.07 Å². The Morgan fingerprint density at radius 3 is 2.39 bits per heavy atom. The number of primary sulfonamides is 1. The maximum absolute atomic E-state index is 11.2. The van der Waals surface area contributed by atoms with Crippen LogP contribution in [0.4, 0.5) is 11.4 Å². The number of hydrogen-bond acceptors (Lipinski definition) is 4. The summed E-state index contributed by atoms with van der Waals surface area (Å²) >= 11 is 0. The van der Waals surface area contributed by atoms with Crippen molar-refractivity contribution in [3.05, 3.63) is 18.2 Å². The maximum atomic E-state index is 11.2. The summed E-state index contributed by atoms with van der Waals surface area (Å²) in [7, 11) is -3.75. The molecule has 0 heterocycles. The van der Waals surface area contributed by atoms with E-state index < -0.39 is 10.0 Å². The standard InChI is InChI=1S/C12H21N3O2S/c1-4-8(2)9(3)15-10-5-6-12(11(13)7-10)18(14,16)17/h5-9,15H,4,13H2,1-3H3,(H2,14,16,17). The lowest BCUT2D eigenvalue weighted by atomic mass is 10.0. The van der Waals surface area contributed by atoms with Crippen molar-refractivity contribution in [1.29, 1.82) is 0 Å². The van der Waals surface area contributed by atoms with E-state index >= 15 is 0 Å². The first kappa shape index (κ1) is 14.8. The first-order chi connectivity index (χ1) is 8.25. The highest BCUT2D eigenvalue weighted by molar-refractivity contribution is 7.89. The van der Waals surface area contributed by atoms with Gasteiger partial charge in [0.15, 0.2) is 0 Å². The van der Waals surface area contributed by atoms with Gasteiger partial charge in [-0.1, -0.05) is 20.3 Å². The lowest BCUT2D eigenvalue weighted by Crippen LogP contribution is -2.23. The summed E-state index contributed by atoms with van der Waals surface area (Å²) in [6.07, 6.45) is 1.07. The average Bonchev–Trinajstić information content (AvgIpc) is 2.26. The minimum Gasteiger partial charge on any atom is -0.398 e. The Morgan fingerprint density at radius 1 is 1.33 bits per heavy atom. The van der Waals surface area contributed by atoms with Crippen molar-refractivity contribution >= 4 is 21.4 Å². The Morgan fingerprint density at radius 2 is 1.94 bits per heavy atom. The van der Waals surface area contributed by atoms with Crippen LogP contribution in [-0.4, -0.2) is 14.5 Å². The molecule has 0 aliphatic heterocycles. The third kappa shape index (κ3) is 3.61. The van der Waals surface area contributed by atoms with Crippen LogP contribution in [0.15, 0.2) is 23.1 Å². The molecule has 0 aliphatic rings. The van der Waals surface area contributed by atoms with Crippen LogP contribution in [0.25, 0.3) is 0 Å². The van der Waals surface area contributed by atoms with E-state index in [-0.39, 0.29) is 16.6 Å². The zero-order chi connectivity index (χ0) is 13.9. The highest BCUT2D eigenvalue weighted by Gasteiger charge is 2.14. The highest BCUT2D eigenvalue weighted by Crippen LogP contribution is 2.23. The van der Waals surface area contributed by atoms with Crippen molar-refractivity contribution in [2.24, 2.45) is 11.1 Å². The van der Waals surface area contributed by atoms with Crippen molar-refractivity contribution < 1.29 is 8.42 Å². The van der Waals surface area contributed by atoms with E-state index in [0.29, 0.717) is 5.92 Å². The predicted molar refractivity (Wildman–Crippen MR) is 74.8 cm³/mol. The van der Waals surface area contributed by atoms with Gasteiger partial charge in [0.2, 0.25) is 10.0 Å². The summed E-state index contributed by atoms with van der Waals surface area (Å²) in [4.78, 5) is -0.0377. The van der Waals surface area contributed by atoms with Crippen LogP contribution >= 0.6 is 0 Å². The van der Waals surface area contributed by atoms with Crippen molar-refractivity contribution in [2.45, 2.75) is 38.1 Å². The second-order valence-corrected chi connectivity index (χ2v) is 6.15. The van der Waals surface area contributed by atoms with Gasteiger partial charge in [-0.3, -0.25) is 0 Å². The van der Waals surface area contributed by atoms with Crippen LogP contribution in [0.1, 0.15) is 27.2 Å². The minimum atomic E-state index is -3.75. The fourth-order valence-corrected chi connectivity index (χ4v) is 2.30. The summed E-state index contributed by atoms with van der Waals surface area (Å²) in [6, 6.07) is 4.99. The number of anilines is 2. The van der Waals surface area contributed by atoms with Crippen molar-refractivity contribution in [2.75, 3.05) is 11.1 Å². The minimum absolute atomic E-state index is 0.0377. The molecule has 1 aromatic carbocycles. The second kappa shape index (κ2) is 5.58. The Hall–Kier alpha value is -1.27. The number of hydrogen-bond donors (Lipinski definition) is 3. The Labute approximate surface area is 109 Å². The molecule has 0 amide bonds. The van der Waals surface area contributed by atoms with E-state index in [2.05, 4.69) is 26.1 Å². The third-order valence-electron chi connectivity index (χ3n) is 3.21. The fraction of sp³-hybridized carbons (Fsp3) is 0.500. The Kier molecular flexibility index (Phi) is 4.59. The number of benzene rings is 1. The molecule has 5 N–H and O–H groups in total. The summed E-state index contributed by atoms with van der Waals surface area (Å²) in [5.74, 6) is 0.518. The van der Waals surface area contributed by atoms with Crippen LogP contribution in [0.2, 0.25) is 0 Å². The molecule has 0 spiro atoms. The van der Waals surface area contributed by atoms with Gasteiger partial charge in [-0.05, 0) is 31.0 Å². The molecule has 0 saturated heterocycles. The number of nitrogen functional groups attached to an aromatic ring is 1. The van der Waals surface area contributed by atoms with Gasteiger partial charge in [0.05, 0.1) is 5.69 Å². The van der Waals surface area contributed by atoms with Crippen molar-refractivity contribution in [3.8, 4) is 0 Å². The van der Waals surface area contributed by atoms with Gasteiger partial charge < -0.3 is 11.1 Å². The molecule has 0 aliphatic carbocycles. The van der Waals surface area contributed by atoms with Crippen LogP contribution in [-0.2, 0) is 10.0 Å². The van der Waals surface area contributed by atoms with Crippen molar-refractivity contribution in [1.82, 2.24) is 0 Å². The van der Waals surface area contributed by atoms with Crippen LogP contribution in [0, 0.1) is 5.92 Å². The van der Waals surface area contributed by atoms with Gasteiger partial charge in [0.25, 0.3) is 0 Å². The number of nitrogens with one attached hydrogen (secondary N) is 1. The predicted octanol–water partition coefficient (Wildman–Crippen LogP) is 1.76. The summed E-state index contributed by atoms with van der Waals surface area (Å²) < 4.78 is 22.4. The number of nitrogens with two attached hydrogens (primary N) is 2. The van der Waals surface area contributed by atoms with Gasteiger partial charge in [-0.2, -0.15) is 0 Å². The van der Waals surface area contributed by atoms with Gasteiger partial charge in [0.1, 0.15) is 4.90 Å². The second-order valence-electron chi connectivity index (χ2n) is 4.62. The molecule has 1 rings (SSSR count). The molecule has 18 heavy (non-hydrogen) atoms. The molecule has 5 nitrogen and oxygen atoms in total. The smallest absolute Gasteiger partial charge is 0.240 e. The Bertz CT molecular complexity index is 514. The molecule has 2 atom stereocenters. The lowest BCUT2D eigenvalue weighted by molar-refractivity contribution is 0.494. The van der Waals surface area contributed by atoms with E-state index in [0.717, 1.165) is 12.1 Å². The van der Waals surface area contributed by atoms with Crippen LogP contribution < -0.4 is 16.2 Å². The number of rotatable bonds is 5. The first-order valence-electron chi connectivity index (χ1n) is 5.94. The maximum Gasteiger partial charge on any atom is 0.240 e. The van der Waals surface area contributed by atoms with Gasteiger partial charge in [-0.15, -0.1) is 0 Å². The van der Waals surface area contributed by atoms with E-state index in [4.69, 9.17) is 10.9 Å². The summed E-state index contributed by atoms with van der Waals surface area (Å²) in [6.45, 7) is 6.36. The summed E-state index contributed by atoms with van der Waals surface area (Å²) in [5.41, 5.74) is 6.66. The quantitative estimate of drug-likeness (QED) is 0.711. The fourth-order valence-electron chi connectivity index (χ4n) is 1.66. The molecule has 0 bridgehead atoms. The lowest BCUT2D eigenvalue weighted by Gasteiger charge is -2.21. The first-order valence-corrected chi connectivity index (χ1v) is 7.49.